The lowest BCUT2D eigenvalue weighted by Gasteiger charge is -2.28. The summed E-state index contributed by atoms with van der Waals surface area (Å²) in [5, 5.41) is 9.14. The number of ether oxygens (including phenoxy) is 2. The van der Waals surface area contributed by atoms with Crippen molar-refractivity contribution in [2.24, 2.45) is 0 Å². The highest BCUT2D eigenvalue weighted by Crippen LogP contribution is 2.16. The lowest BCUT2D eigenvalue weighted by Crippen LogP contribution is -2.44. The van der Waals surface area contributed by atoms with Gasteiger partial charge < -0.3 is 14.6 Å². The normalized spacial score (nSPS) is 39.2. The molecule has 1 heterocycles. The zero-order chi connectivity index (χ0) is 8.43. The van der Waals surface area contributed by atoms with E-state index in [2.05, 4.69) is 0 Å². The molecule has 64 valence electrons. The van der Waals surface area contributed by atoms with E-state index in [1.807, 2.05) is 0 Å². The van der Waals surface area contributed by atoms with E-state index in [0.717, 1.165) is 0 Å². The Kier molecular flexibility index (Phi) is 2.59. The molecule has 3 unspecified atom stereocenters. The Morgan fingerprint density at radius 3 is 2.91 bits per heavy atom. The highest BCUT2D eigenvalue weighted by atomic mass is 16.7. The summed E-state index contributed by atoms with van der Waals surface area (Å²) in [6.45, 7) is 1.79. The molecular formula is C7H12O4. The molecule has 0 amide bonds. The summed E-state index contributed by atoms with van der Waals surface area (Å²) >= 11 is 0. The molecule has 0 spiro atoms. The molecule has 0 bridgehead atoms. The number of hydrogen-bond donors (Lipinski definition) is 1. The molecule has 1 aliphatic rings. The maximum Gasteiger partial charge on any atom is 0.220 e. The summed E-state index contributed by atoms with van der Waals surface area (Å²) in [5.74, 6) is -0.384. The van der Waals surface area contributed by atoms with E-state index in [-0.39, 0.29) is 11.9 Å². The van der Waals surface area contributed by atoms with Crippen molar-refractivity contribution in [3.05, 3.63) is 0 Å². The van der Waals surface area contributed by atoms with Crippen LogP contribution in [0.5, 0.6) is 0 Å². The zero-order valence-corrected chi connectivity index (χ0v) is 6.61. The summed E-state index contributed by atoms with van der Waals surface area (Å²) in [5.41, 5.74) is 0. The lowest BCUT2D eigenvalue weighted by atomic mass is 10.1. The van der Waals surface area contributed by atoms with Crippen LogP contribution in [0.4, 0.5) is 0 Å². The van der Waals surface area contributed by atoms with Crippen molar-refractivity contribution in [2.75, 3.05) is 7.11 Å². The molecule has 0 aromatic heterocycles. The van der Waals surface area contributed by atoms with Crippen molar-refractivity contribution in [1.29, 1.82) is 0 Å². The molecular weight excluding hydrogens is 148 g/mol. The molecule has 11 heavy (non-hydrogen) atoms. The quantitative estimate of drug-likeness (QED) is 0.572. The predicted octanol–water partition coefficient (Wildman–Crippen LogP) is -0.302. The molecule has 1 rings (SSSR count). The Bertz CT molecular complexity index is 157. The van der Waals surface area contributed by atoms with E-state index in [1.54, 1.807) is 6.92 Å². The number of Topliss-reactive ketones (excluding diaryl/α,β-unsaturated/α-hetero) is 1. The van der Waals surface area contributed by atoms with Gasteiger partial charge in [-0.2, -0.15) is 0 Å². The van der Waals surface area contributed by atoms with Crippen LogP contribution in [0, 0.1) is 0 Å². The van der Waals surface area contributed by atoms with Gasteiger partial charge in [-0.15, -0.1) is 0 Å². The van der Waals surface area contributed by atoms with Crippen molar-refractivity contribution in [2.45, 2.75) is 31.8 Å². The minimum Gasteiger partial charge on any atom is -0.385 e. The van der Waals surface area contributed by atoms with Gasteiger partial charge in [0.05, 0.1) is 6.10 Å². The smallest absolute Gasteiger partial charge is 0.220 e. The van der Waals surface area contributed by atoms with Crippen molar-refractivity contribution in [3.63, 3.8) is 0 Å². The first-order chi connectivity index (χ1) is 5.15. The average Bonchev–Trinajstić information content (AvgIpc) is 1.96. The van der Waals surface area contributed by atoms with Gasteiger partial charge in [-0.25, -0.2) is 0 Å². The highest BCUT2D eigenvalue weighted by Gasteiger charge is 2.34. The van der Waals surface area contributed by atoms with Crippen LogP contribution < -0.4 is 0 Å². The minimum absolute atomic E-state index is 0.118. The van der Waals surface area contributed by atoms with E-state index in [0.29, 0.717) is 6.42 Å². The zero-order valence-electron chi connectivity index (χ0n) is 6.61. The van der Waals surface area contributed by atoms with E-state index in [9.17, 15) is 4.79 Å². The minimum atomic E-state index is -0.927. The second-order valence-electron chi connectivity index (χ2n) is 2.67. The second-order valence-corrected chi connectivity index (χ2v) is 2.67. The molecule has 0 saturated carbocycles. The van der Waals surface area contributed by atoms with Gasteiger partial charge in [-0.05, 0) is 6.92 Å². The molecule has 4 heteroatoms. The molecule has 4 nitrogen and oxygen atoms in total. The monoisotopic (exact) mass is 160 g/mol. The average molecular weight is 160 g/mol. The van der Waals surface area contributed by atoms with Crippen LogP contribution in [0.15, 0.2) is 0 Å². The Morgan fingerprint density at radius 2 is 2.36 bits per heavy atom. The molecule has 1 aliphatic heterocycles. The number of carbonyl (C=O) groups excluding carboxylic acids is 1. The molecule has 3 atom stereocenters. The van der Waals surface area contributed by atoms with Gasteiger partial charge >= 0.3 is 0 Å². The van der Waals surface area contributed by atoms with E-state index < -0.39 is 12.4 Å². The molecule has 0 aromatic carbocycles. The molecule has 1 saturated heterocycles. The van der Waals surface area contributed by atoms with Crippen LogP contribution in [0.1, 0.15) is 13.3 Å². The van der Waals surface area contributed by atoms with Crippen molar-refractivity contribution >= 4 is 5.78 Å². The van der Waals surface area contributed by atoms with Crippen molar-refractivity contribution in [1.82, 2.24) is 0 Å². The third-order valence-corrected chi connectivity index (χ3v) is 1.69. The lowest BCUT2D eigenvalue weighted by molar-refractivity contribution is -0.199. The van der Waals surface area contributed by atoms with Crippen LogP contribution in [-0.4, -0.2) is 36.5 Å². The molecule has 0 aliphatic carbocycles. The first-order valence-corrected chi connectivity index (χ1v) is 3.55. The fourth-order valence-corrected chi connectivity index (χ4v) is 1.09. The van der Waals surface area contributed by atoms with Gasteiger partial charge in [-0.3, -0.25) is 4.79 Å². The fraction of sp³-hybridized carbons (Fsp3) is 0.857. The topological polar surface area (TPSA) is 55.8 Å². The van der Waals surface area contributed by atoms with E-state index >= 15 is 0 Å². The Hall–Kier alpha value is -0.450. The maximum atomic E-state index is 11.0. The van der Waals surface area contributed by atoms with Gasteiger partial charge in [0.2, 0.25) is 12.1 Å². The first-order valence-electron chi connectivity index (χ1n) is 3.55. The largest absolute Gasteiger partial charge is 0.385 e. The van der Waals surface area contributed by atoms with Gasteiger partial charge in [-0.1, -0.05) is 0 Å². The molecule has 0 radical (unpaired) electrons. The van der Waals surface area contributed by atoms with E-state index in [4.69, 9.17) is 14.6 Å². The van der Waals surface area contributed by atoms with Crippen LogP contribution in [0.3, 0.4) is 0 Å². The van der Waals surface area contributed by atoms with Gasteiger partial charge in [0.15, 0.2) is 0 Å². The number of aliphatic hydroxyl groups excluding tert-OH is 1. The van der Waals surface area contributed by atoms with Gasteiger partial charge in [0, 0.05) is 13.5 Å². The van der Waals surface area contributed by atoms with Crippen molar-refractivity contribution in [3.8, 4) is 0 Å². The van der Waals surface area contributed by atoms with Crippen molar-refractivity contribution < 1.29 is 19.4 Å². The van der Waals surface area contributed by atoms with Crippen LogP contribution >= 0.6 is 0 Å². The first kappa shape index (κ1) is 8.64. The van der Waals surface area contributed by atoms with Crippen LogP contribution in [0.2, 0.25) is 0 Å². The summed E-state index contributed by atoms with van der Waals surface area (Å²) in [7, 11) is 1.38. The Balaban J connectivity index is 2.59. The number of rotatable bonds is 1. The molecule has 1 fully saturated rings. The number of ketones is 1. The number of methoxy groups -OCH3 is 1. The summed E-state index contributed by atoms with van der Waals surface area (Å²) in [6.07, 6.45) is -1.57. The van der Waals surface area contributed by atoms with Crippen LogP contribution in [0.25, 0.3) is 0 Å². The standard InChI is InChI=1S/C7H12O4/c1-4-3-5(8)6(9)7(10-2)11-4/h4-5,7-8H,3H2,1-2H3. The molecule has 1 N–H and O–H groups in total. The van der Waals surface area contributed by atoms with E-state index in [1.165, 1.54) is 7.11 Å². The summed E-state index contributed by atoms with van der Waals surface area (Å²) in [4.78, 5) is 11.0. The fourth-order valence-electron chi connectivity index (χ4n) is 1.09. The second kappa shape index (κ2) is 3.30. The number of hydrogen-bond acceptors (Lipinski definition) is 4. The maximum absolute atomic E-state index is 11.0. The highest BCUT2D eigenvalue weighted by molar-refractivity contribution is 5.86. The number of carbonyl (C=O) groups is 1. The van der Waals surface area contributed by atoms with Gasteiger partial charge in [0.25, 0.3) is 0 Å². The van der Waals surface area contributed by atoms with Gasteiger partial charge in [0.1, 0.15) is 6.10 Å². The van der Waals surface area contributed by atoms with Crippen LogP contribution in [-0.2, 0) is 14.3 Å². The summed E-state index contributed by atoms with van der Waals surface area (Å²) in [6, 6.07) is 0. The predicted molar refractivity (Wildman–Crippen MR) is 37.0 cm³/mol. The Morgan fingerprint density at radius 1 is 1.73 bits per heavy atom. The number of aliphatic hydroxyl groups is 1. The third-order valence-electron chi connectivity index (χ3n) is 1.69. The third kappa shape index (κ3) is 1.77. The summed E-state index contributed by atoms with van der Waals surface area (Å²) < 4.78 is 9.80. The Labute approximate surface area is 65.1 Å². The SMILES string of the molecule is COC1OC(C)CC(O)C1=O. The molecule has 0 aromatic rings.